The molecule has 2 aliphatic heterocycles. The standard InChI is InChI=1S/C9H15NO2/c1-5(11)9-7-3-2-6(10-7)4-8(9)12/h6-10,12H,2-4H2,1H3/t6?,7?,8-,9+/m0/s1. The third-order valence-electron chi connectivity index (χ3n) is 3.12. The van der Waals surface area contributed by atoms with Gasteiger partial charge in [-0.1, -0.05) is 0 Å². The van der Waals surface area contributed by atoms with Crippen molar-refractivity contribution >= 4 is 5.78 Å². The summed E-state index contributed by atoms with van der Waals surface area (Å²) in [5.74, 6) is -0.0240. The Balaban J connectivity index is 2.15. The van der Waals surface area contributed by atoms with Gasteiger partial charge < -0.3 is 10.4 Å². The van der Waals surface area contributed by atoms with Crippen LogP contribution in [-0.4, -0.2) is 29.1 Å². The second kappa shape index (κ2) is 2.82. The molecule has 2 N–H and O–H groups in total. The predicted molar refractivity (Wildman–Crippen MR) is 44.7 cm³/mol. The largest absolute Gasteiger partial charge is 0.392 e. The summed E-state index contributed by atoms with van der Waals surface area (Å²) >= 11 is 0. The van der Waals surface area contributed by atoms with Crippen LogP contribution in [0.4, 0.5) is 0 Å². The number of aliphatic hydroxyl groups is 1. The second-order valence-corrected chi connectivity index (χ2v) is 3.99. The molecule has 2 saturated heterocycles. The Morgan fingerprint density at radius 3 is 2.92 bits per heavy atom. The van der Waals surface area contributed by atoms with Crippen molar-refractivity contribution in [3.63, 3.8) is 0 Å². The topological polar surface area (TPSA) is 49.3 Å². The van der Waals surface area contributed by atoms with E-state index in [0.29, 0.717) is 6.04 Å². The van der Waals surface area contributed by atoms with E-state index >= 15 is 0 Å². The van der Waals surface area contributed by atoms with E-state index in [4.69, 9.17) is 0 Å². The molecule has 2 rings (SSSR count). The molecule has 0 amide bonds. The molecule has 2 aliphatic rings. The van der Waals surface area contributed by atoms with Gasteiger partial charge in [-0.2, -0.15) is 0 Å². The second-order valence-electron chi connectivity index (χ2n) is 3.99. The molecule has 2 bridgehead atoms. The number of hydrogen-bond donors (Lipinski definition) is 2. The molecule has 3 heteroatoms. The molecule has 0 aromatic heterocycles. The third-order valence-corrected chi connectivity index (χ3v) is 3.12. The number of nitrogens with one attached hydrogen (secondary N) is 1. The Morgan fingerprint density at radius 2 is 2.25 bits per heavy atom. The summed E-state index contributed by atoms with van der Waals surface area (Å²) in [6.45, 7) is 1.58. The summed E-state index contributed by atoms with van der Waals surface area (Å²) in [5.41, 5.74) is 0. The Labute approximate surface area is 72.2 Å². The van der Waals surface area contributed by atoms with Gasteiger partial charge >= 0.3 is 0 Å². The first kappa shape index (κ1) is 8.20. The predicted octanol–water partition coefficient (Wildman–Crippen LogP) is 0.0768. The molecule has 68 valence electrons. The fourth-order valence-electron chi connectivity index (χ4n) is 2.58. The van der Waals surface area contributed by atoms with Crippen LogP contribution in [0.25, 0.3) is 0 Å². The van der Waals surface area contributed by atoms with E-state index in [1.54, 1.807) is 6.92 Å². The van der Waals surface area contributed by atoms with Crippen LogP contribution in [0.2, 0.25) is 0 Å². The highest BCUT2D eigenvalue weighted by Gasteiger charge is 2.42. The number of rotatable bonds is 1. The molecule has 4 atom stereocenters. The SMILES string of the molecule is CC(=O)[C@@H]1C2CCC(C[C@@H]1O)N2. The average molecular weight is 169 g/mol. The van der Waals surface area contributed by atoms with Gasteiger partial charge in [0.05, 0.1) is 12.0 Å². The van der Waals surface area contributed by atoms with Crippen molar-refractivity contribution in [2.75, 3.05) is 0 Å². The summed E-state index contributed by atoms with van der Waals surface area (Å²) in [7, 11) is 0. The quantitative estimate of drug-likeness (QED) is 0.584. The zero-order chi connectivity index (χ0) is 8.72. The van der Waals surface area contributed by atoms with Crippen molar-refractivity contribution in [1.82, 2.24) is 5.32 Å². The lowest BCUT2D eigenvalue weighted by atomic mass is 9.86. The van der Waals surface area contributed by atoms with Gasteiger partial charge in [-0.05, 0) is 26.2 Å². The van der Waals surface area contributed by atoms with Crippen LogP contribution < -0.4 is 5.32 Å². The van der Waals surface area contributed by atoms with Gasteiger partial charge in [-0.15, -0.1) is 0 Å². The fraction of sp³-hybridized carbons (Fsp3) is 0.889. The highest BCUT2D eigenvalue weighted by molar-refractivity contribution is 5.80. The maximum Gasteiger partial charge on any atom is 0.137 e. The van der Waals surface area contributed by atoms with Crippen molar-refractivity contribution in [1.29, 1.82) is 0 Å². The lowest BCUT2D eigenvalue weighted by Crippen LogP contribution is -2.50. The van der Waals surface area contributed by atoms with Crippen molar-refractivity contribution in [3.8, 4) is 0 Å². The van der Waals surface area contributed by atoms with Crippen molar-refractivity contribution in [2.45, 2.75) is 44.4 Å². The summed E-state index contributed by atoms with van der Waals surface area (Å²) < 4.78 is 0. The molecule has 0 saturated carbocycles. The zero-order valence-corrected chi connectivity index (χ0v) is 7.29. The van der Waals surface area contributed by atoms with E-state index < -0.39 is 6.10 Å². The lowest BCUT2D eigenvalue weighted by Gasteiger charge is -2.32. The third kappa shape index (κ3) is 1.17. The Bertz CT molecular complexity index is 205. The maximum atomic E-state index is 11.2. The first-order valence-electron chi connectivity index (χ1n) is 4.63. The zero-order valence-electron chi connectivity index (χ0n) is 7.29. The number of Topliss-reactive ketones (excluding diaryl/α,β-unsaturated/α-hetero) is 1. The molecule has 3 nitrogen and oxygen atoms in total. The summed E-state index contributed by atoms with van der Waals surface area (Å²) in [6.07, 6.45) is 2.51. The molecule has 0 radical (unpaired) electrons. The number of carbonyl (C=O) groups excluding carboxylic acids is 1. The van der Waals surface area contributed by atoms with E-state index in [1.165, 1.54) is 0 Å². The summed E-state index contributed by atoms with van der Waals surface area (Å²) in [4.78, 5) is 11.2. The smallest absolute Gasteiger partial charge is 0.137 e. The highest BCUT2D eigenvalue weighted by Crippen LogP contribution is 2.31. The molecule has 0 aromatic carbocycles. The summed E-state index contributed by atoms with van der Waals surface area (Å²) in [6, 6.07) is 0.705. The molecule has 2 fully saturated rings. The van der Waals surface area contributed by atoms with E-state index in [0.717, 1.165) is 19.3 Å². The molecule has 0 aliphatic carbocycles. The van der Waals surface area contributed by atoms with Gasteiger partial charge in [0.15, 0.2) is 0 Å². The van der Waals surface area contributed by atoms with Crippen LogP contribution in [0.1, 0.15) is 26.2 Å². The minimum Gasteiger partial charge on any atom is -0.392 e. The Hall–Kier alpha value is -0.410. The first-order chi connectivity index (χ1) is 5.68. The first-order valence-corrected chi connectivity index (χ1v) is 4.63. The number of hydrogen-bond acceptors (Lipinski definition) is 3. The molecular weight excluding hydrogens is 154 g/mol. The van der Waals surface area contributed by atoms with Gasteiger partial charge in [-0.3, -0.25) is 4.79 Å². The monoisotopic (exact) mass is 169 g/mol. The molecule has 0 spiro atoms. The lowest BCUT2D eigenvalue weighted by molar-refractivity contribution is -0.126. The number of carbonyl (C=O) groups is 1. The van der Waals surface area contributed by atoms with Crippen molar-refractivity contribution in [2.24, 2.45) is 5.92 Å². The number of piperidine rings is 1. The molecule has 2 unspecified atom stereocenters. The Morgan fingerprint density at radius 1 is 1.50 bits per heavy atom. The van der Waals surface area contributed by atoms with Gasteiger partial charge in [0.25, 0.3) is 0 Å². The van der Waals surface area contributed by atoms with Crippen molar-refractivity contribution in [3.05, 3.63) is 0 Å². The fourth-order valence-corrected chi connectivity index (χ4v) is 2.58. The van der Waals surface area contributed by atoms with Crippen molar-refractivity contribution < 1.29 is 9.90 Å². The van der Waals surface area contributed by atoms with Crippen LogP contribution in [0.5, 0.6) is 0 Å². The van der Waals surface area contributed by atoms with Gasteiger partial charge in [0, 0.05) is 12.1 Å². The van der Waals surface area contributed by atoms with Crippen LogP contribution in [0, 0.1) is 5.92 Å². The minimum absolute atomic E-state index is 0.125. The normalized spacial score (nSPS) is 46.2. The minimum atomic E-state index is -0.402. The van der Waals surface area contributed by atoms with Gasteiger partial charge in [-0.25, -0.2) is 0 Å². The van der Waals surface area contributed by atoms with Gasteiger partial charge in [0.1, 0.15) is 5.78 Å². The maximum absolute atomic E-state index is 11.2. The van der Waals surface area contributed by atoms with E-state index in [1.807, 2.05) is 0 Å². The number of ketones is 1. The van der Waals surface area contributed by atoms with Crippen LogP contribution in [-0.2, 0) is 4.79 Å². The molecule has 0 aromatic rings. The molecule has 2 heterocycles. The highest BCUT2D eigenvalue weighted by atomic mass is 16.3. The van der Waals surface area contributed by atoms with Crippen LogP contribution in [0.3, 0.4) is 0 Å². The average Bonchev–Trinajstić information content (AvgIpc) is 2.31. The van der Waals surface area contributed by atoms with Crippen LogP contribution >= 0.6 is 0 Å². The molecular formula is C9H15NO2. The number of aliphatic hydroxyl groups excluding tert-OH is 1. The van der Waals surface area contributed by atoms with Crippen LogP contribution in [0.15, 0.2) is 0 Å². The Kier molecular flexibility index (Phi) is 1.93. The molecule has 12 heavy (non-hydrogen) atoms. The van der Waals surface area contributed by atoms with E-state index in [-0.39, 0.29) is 17.7 Å². The van der Waals surface area contributed by atoms with E-state index in [9.17, 15) is 9.90 Å². The van der Waals surface area contributed by atoms with E-state index in [2.05, 4.69) is 5.32 Å². The number of fused-ring (bicyclic) bond motifs is 2. The summed E-state index contributed by atoms with van der Waals surface area (Å²) in [5, 5.41) is 13.0. The van der Waals surface area contributed by atoms with Gasteiger partial charge in [0.2, 0.25) is 0 Å².